The lowest BCUT2D eigenvalue weighted by atomic mass is 10.1. The minimum Gasteiger partial charge on any atom is -0.399 e. The monoisotopic (exact) mass is 297 g/mol. The summed E-state index contributed by atoms with van der Waals surface area (Å²) in [4.78, 5) is 14.1. The Balaban J connectivity index is 2.11. The summed E-state index contributed by atoms with van der Waals surface area (Å²) >= 11 is 0. The van der Waals surface area contributed by atoms with Gasteiger partial charge in [-0.1, -0.05) is 6.07 Å². The number of benzene rings is 1. The number of nitrogens with two attached hydrogens (primary N) is 1. The van der Waals surface area contributed by atoms with Gasteiger partial charge in [-0.25, -0.2) is 8.42 Å². The molecule has 110 valence electrons. The molecule has 1 aromatic carbocycles. The zero-order chi connectivity index (χ0) is 14.9. The highest BCUT2D eigenvalue weighted by Crippen LogP contribution is 2.16. The molecule has 1 saturated heterocycles. The highest BCUT2D eigenvalue weighted by atomic mass is 32.2. The summed E-state index contributed by atoms with van der Waals surface area (Å²) in [6, 6.07) is 5.24. The SMILES string of the molecule is Cc1ccc(N)cc1C(=O)N1CCN(S(C)(=O)=O)CC1. The summed E-state index contributed by atoms with van der Waals surface area (Å²) in [5.74, 6) is -0.0945. The van der Waals surface area contributed by atoms with Crippen LogP contribution >= 0.6 is 0 Å². The van der Waals surface area contributed by atoms with Gasteiger partial charge in [0.1, 0.15) is 0 Å². The van der Waals surface area contributed by atoms with Crippen LogP contribution in [0.1, 0.15) is 15.9 Å². The zero-order valence-electron chi connectivity index (χ0n) is 11.7. The number of nitrogen functional groups attached to an aromatic ring is 1. The smallest absolute Gasteiger partial charge is 0.254 e. The van der Waals surface area contributed by atoms with Crippen LogP contribution in [0.2, 0.25) is 0 Å². The second-order valence-electron chi connectivity index (χ2n) is 5.03. The van der Waals surface area contributed by atoms with Crippen molar-refractivity contribution in [1.29, 1.82) is 0 Å². The van der Waals surface area contributed by atoms with Gasteiger partial charge in [0.2, 0.25) is 10.0 Å². The molecular weight excluding hydrogens is 278 g/mol. The average molecular weight is 297 g/mol. The molecule has 0 aromatic heterocycles. The third kappa shape index (κ3) is 3.10. The lowest BCUT2D eigenvalue weighted by molar-refractivity contribution is 0.0697. The molecule has 1 aliphatic heterocycles. The minimum absolute atomic E-state index is 0.0945. The quantitative estimate of drug-likeness (QED) is 0.796. The first-order chi connectivity index (χ1) is 9.29. The molecule has 1 fully saturated rings. The summed E-state index contributed by atoms with van der Waals surface area (Å²) in [7, 11) is -3.18. The molecule has 0 spiro atoms. The predicted molar refractivity (Wildman–Crippen MR) is 77.9 cm³/mol. The second-order valence-corrected chi connectivity index (χ2v) is 7.01. The molecule has 1 aliphatic rings. The van der Waals surface area contributed by atoms with Crippen LogP contribution in [0.15, 0.2) is 18.2 Å². The van der Waals surface area contributed by atoms with Gasteiger partial charge in [0, 0.05) is 37.4 Å². The number of anilines is 1. The molecule has 1 aromatic rings. The first kappa shape index (κ1) is 14.8. The molecule has 0 radical (unpaired) electrons. The van der Waals surface area contributed by atoms with Crippen molar-refractivity contribution in [2.24, 2.45) is 0 Å². The number of carbonyl (C=O) groups excluding carboxylic acids is 1. The first-order valence-electron chi connectivity index (χ1n) is 6.39. The molecule has 2 N–H and O–H groups in total. The highest BCUT2D eigenvalue weighted by molar-refractivity contribution is 7.88. The third-order valence-corrected chi connectivity index (χ3v) is 4.79. The molecule has 1 amide bonds. The highest BCUT2D eigenvalue weighted by Gasteiger charge is 2.27. The van der Waals surface area contributed by atoms with Crippen LogP contribution in [-0.4, -0.2) is 56.0 Å². The van der Waals surface area contributed by atoms with Gasteiger partial charge in [-0.2, -0.15) is 4.31 Å². The minimum atomic E-state index is -3.18. The fourth-order valence-corrected chi connectivity index (χ4v) is 3.09. The molecular formula is C13H19N3O3S. The van der Waals surface area contributed by atoms with Crippen molar-refractivity contribution in [3.05, 3.63) is 29.3 Å². The fourth-order valence-electron chi connectivity index (χ4n) is 2.26. The Morgan fingerprint density at radius 1 is 1.20 bits per heavy atom. The lowest BCUT2D eigenvalue weighted by Crippen LogP contribution is -2.50. The van der Waals surface area contributed by atoms with Crippen molar-refractivity contribution in [3.8, 4) is 0 Å². The number of nitrogens with zero attached hydrogens (tertiary/aromatic N) is 2. The van der Waals surface area contributed by atoms with E-state index in [2.05, 4.69) is 0 Å². The Hall–Kier alpha value is -1.60. The van der Waals surface area contributed by atoms with Crippen molar-refractivity contribution < 1.29 is 13.2 Å². The molecule has 2 rings (SSSR count). The van der Waals surface area contributed by atoms with E-state index in [0.717, 1.165) is 5.56 Å². The van der Waals surface area contributed by atoms with Gasteiger partial charge in [-0.15, -0.1) is 0 Å². The summed E-state index contributed by atoms with van der Waals surface area (Å²) < 4.78 is 24.3. The summed E-state index contributed by atoms with van der Waals surface area (Å²) in [6.45, 7) is 3.34. The number of aryl methyl sites for hydroxylation is 1. The Morgan fingerprint density at radius 3 is 2.35 bits per heavy atom. The van der Waals surface area contributed by atoms with E-state index in [0.29, 0.717) is 37.4 Å². The maximum atomic E-state index is 12.4. The van der Waals surface area contributed by atoms with Crippen molar-refractivity contribution in [1.82, 2.24) is 9.21 Å². The number of hydrogen-bond acceptors (Lipinski definition) is 4. The van der Waals surface area contributed by atoms with Gasteiger partial charge < -0.3 is 10.6 Å². The maximum absolute atomic E-state index is 12.4. The average Bonchev–Trinajstić information content (AvgIpc) is 2.40. The molecule has 0 bridgehead atoms. The van der Waals surface area contributed by atoms with Crippen LogP contribution in [0.4, 0.5) is 5.69 Å². The van der Waals surface area contributed by atoms with Gasteiger partial charge in [0.05, 0.1) is 6.26 Å². The van der Waals surface area contributed by atoms with Crippen LogP contribution in [0.5, 0.6) is 0 Å². The van der Waals surface area contributed by atoms with E-state index in [-0.39, 0.29) is 5.91 Å². The number of piperazine rings is 1. The largest absolute Gasteiger partial charge is 0.399 e. The molecule has 0 unspecified atom stereocenters. The third-order valence-electron chi connectivity index (χ3n) is 3.49. The normalized spacial score (nSPS) is 17.2. The molecule has 6 nitrogen and oxygen atoms in total. The number of rotatable bonds is 2. The van der Waals surface area contributed by atoms with E-state index in [1.807, 2.05) is 13.0 Å². The number of carbonyl (C=O) groups is 1. The Labute approximate surface area is 119 Å². The van der Waals surface area contributed by atoms with Gasteiger partial charge in [-0.05, 0) is 24.6 Å². The van der Waals surface area contributed by atoms with Crippen molar-refractivity contribution in [2.45, 2.75) is 6.92 Å². The number of sulfonamides is 1. The first-order valence-corrected chi connectivity index (χ1v) is 8.24. The Kier molecular flexibility index (Phi) is 4.01. The van der Waals surface area contributed by atoms with E-state index in [4.69, 9.17) is 5.73 Å². The number of hydrogen-bond donors (Lipinski definition) is 1. The van der Waals surface area contributed by atoms with Crippen LogP contribution < -0.4 is 5.73 Å². The standard InChI is InChI=1S/C13H19N3O3S/c1-10-3-4-11(14)9-12(10)13(17)15-5-7-16(8-6-15)20(2,18)19/h3-4,9H,5-8,14H2,1-2H3. The lowest BCUT2D eigenvalue weighted by Gasteiger charge is -2.33. The Bertz CT molecular complexity index is 620. The second kappa shape index (κ2) is 5.41. The topological polar surface area (TPSA) is 83.7 Å². The maximum Gasteiger partial charge on any atom is 0.254 e. The fraction of sp³-hybridized carbons (Fsp3) is 0.462. The number of amides is 1. The molecule has 0 aliphatic carbocycles. The van der Waals surface area contributed by atoms with Crippen molar-refractivity contribution in [2.75, 3.05) is 38.2 Å². The van der Waals surface area contributed by atoms with Crippen LogP contribution in [0, 0.1) is 6.92 Å². The summed E-state index contributed by atoms with van der Waals surface area (Å²) in [5, 5.41) is 0. The van der Waals surface area contributed by atoms with E-state index in [1.165, 1.54) is 10.6 Å². The van der Waals surface area contributed by atoms with Crippen LogP contribution in [0.25, 0.3) is 0 Å². The van der Waals surface area contributed by atoms with Gasteiger partial charge in [0.25, 0.3) is 5.91 Å². The van der Waals surface area contributed by atoms with Gasteiger partial charge in [-0.3, -0.25) is 4.79 Å². The zero-order valence-corrected chi connectivity index (χ0v) is 12.5. The van der Waals surface area contributed by atoms with Crippen LogP contribution in [0.3, 0.4) is 0 Å². The predicted octanol–water partition coefficient (Wildman–Crippen LogP) is 0.295. The molecule has 0 atom stereocenters. The summed E-state index contributed by atoms with van der Waals surface area (Å²) in [5.41, 5.74) is 7.72. The molecule has 0 saturated carbocycles. The van der Waals surface area contributed by atoms with Crippen LogP contribution in [-0.2, 0) is 10.0 Å². The van der Waals surface area contributed by atoms with E-state index in [9.17, 15) is 13.2 Å². The molecule has 7 heteroatoms. The summed E-state index contributed by atoms with van der Waals surface area (Å²) in [6.07, 6.45) is 1.19. The molecule has 1 heterocycles. The van der Waals surface area contributed by atoms with Gasteiger partial charge in [0.15, 0.2) is 0 Å². The van der Waals surface area contributed by atoms with Crippen molar-refractivity contribution in [3.63, 3.8) is 0 Å². The van der Waals surface area contributed by atoms with E-state index in [1.54, 1.807) is 17.0 Å². The Morgan fingerprint density at radius 2 is 1.80 bits per heavy atom. The van der Waals surface area contributed by atoms with E-state index < -0.39 is 10.0 Å². The van der Waals surface area contributed by atoms with Crippen molar-refractivity contribution >= 4 is 21.6 Å². The van der Waals surface area contributed by atoms with Gasteiger partial charge >= 0.3 is 0 Å². The molecule has 20 heavy (non-hydrogen) atoms. The van der Waals surface area contributed by atoms with E-state index >= 15 is 0 Å².